The molecule has 1 heterocycles. The minimum atomic E-state index is -0.295. The van der Waals surface area contributed by atoms with E-state index in [0.29, 0.717) is 0 Å². The van der Waals surface area contributed by atoms with E-state index in [1.165, 1.54) is 4.90 Å². The van der Waals surface area contributed by atoms with Crippen LogP contribution in [0.5, 0.6) is 0 Å². The van der Waals surface area contributed by atoms with Gasteiger partial charge in [-0.1, -0.05) is 61.4 Å². The van der Waals surface area contributed by atoms with E-state index in [4.69, 9.17) is 0 Å². The van der Waals surface area contributed by atoms with Crippen molar-refractivity contribution in [1.82, 2.24) is 10.2 Å². The Morgan fingerprint density at radius 3 is 1.89 bits per heavy atom. The second kappa shape index (κ2) is 6.59. The first-order valence-corrected chi connectivity index (χ1v) is 9.98. The number of rotatable bonds is 3. The molecule has 28 heavy (non-hydrogen) atoms. The molecule has 1 saturated heterocycles. The summed E-state index contributed by atoms with van der Waals surface area (Å²) in [7, 11) is 0. The van der Waals surface area contributed by atoms with E-state index in [-0.39, 0.29) is 42.1 Å². The molecule has 1 aliphatic heterocycles. The van der Waals surface area contributed by atoms with E-state index < -0.39 is 0 Å². The fourth-order valence-electron chi connectivity index (χ4n) is 5.05. The molecule has 2 aliphatic carbocycles. The highest BCUT2D eigenvalue weighted by Gasteiger charge is 2.48. The lowest BCUT2D eigenvalue weighted by atomic mass is 9.81. The van der Waals surface area contributed by atoms with E-state index in [9.17, 15) is 14.4 Å². The summed E-state index contributed by atoms with van der Waals surface area (Å²) >= 11 is 0. The topological polar surface area (TPSA) is 66.5 Å². The van der Waals surface area contributed by atoms with Gasteiger partial charge in [0, 0.05) is 0 Å². The predicted octanol–water partition coefficient (Wildman–Crippen LogP) is 3.05. The summed E-state index contributed by atoms with van der Waals surface area (Å²) in [6.07, 6.45) is 3.49. The van der Waals surface area contributed by atoms with Gasteiger partial charge in [0.25, 0.3) is 0 Å². The van der Waals surface area contributed by atoms with Crippen LogP contribution in [0.25, 0.3) is 11.1 Å². The maximum absolute atomic E-state index is 12.8. The van der Waals surface area contributed by atoms with Crippen molar-refractivity contribution in [3.63, 3.8) is 0 Å². The highest BCUT2D eigenvalue weighted by atomic mass is 16.2. The van der Waals surface area contributed by atoms with Crippen molar-refractivity contribution in [2.24, 2.45) is 11.8 Å². The van der Waals surface area contributed by atoms with Crippen LogP contribution < -0.4 is 5.32 Å². The van der Waals surface area contributed by atoms with Crippen molar-refractivity contribution in [3.8, 4) is 11.1 Å². The van der Waals surface area contributed by atoms with Gasteiger partial charge in [0.05, 0.1) is 17.9 Å². The molecule has 2 unspecified atom stereocenters. The van der Waals surface area contributed by atoms with Crippen LogP contribution in [0.15, 0.2) is 48.5 Å². The van der Waals surface area contributed by atoms with Crippen molar-refractivity contribution < 1.29 is 14.4 Å². The third-order valence-corrected chi connectivity index (χ3v) is 6.37. The summed E-state index contributed by atoms with van der Waals surface area (Å²) in [5.41, 5.74) is 4.32. The standard InChI is InChI=1S/C23H22N2O3/c26-20(13-25-22(27)18-11-5-6-12-19(18)23(25)28)24-21-16-9-3-1-7-14(16)15-8-2-4-10-17(15)21/h1-4,7-10,18-19,21H,5-6,11-13H2,(H,24,26). The van der Waals surface area contributed by atoms with Crippen LogP contribution in [0.3, 0.4) is 0 Å². The molecule has 2 fully saturated rings. The molecule has 0 radical (unpaired) electrons. The SMILES string of the molecule is O=C(CN1C(=O)C2CCCCC2C1=O)NC1c2ccccc2-c2ccccc21. The largest absolute Gasteiger partial charge is 0.344 e. The fraction of sp³-hybridized carbons (Fsp3) is 0.348. The smallest absolute Gasteiger partial charge is 0.240 e. The number of likely N-dealkylation sites (tertiary alicyclic amines) is 1. The molecule has 5 rings (SSSR count). The monoisotopic (exact) mass is 374 g/mol. The zero-order chi connectivity index (χ0) is 19.3. The molecule has 5 heteroatoms. The zero-order valence-corrected chi connectivity index (χ0v) is 15.6. The molecular weight excluding hydrogens is 352 g/mol. The third-order valence-electron chi connectivity index (χ3n) is 6.37. The van der Waals surface area contributed by atoms with Crippen LogP contribution in [0.4, 0.5) is 0 Å². The average molecular weight is 374 g/mol. The van der Waals surface area contributed by atoms with Gasteiger partial charge >= 0.3 is 0 Å². The number of carbonyl (C=O) groups is 3. The van der Waals surface area contributed by atoms with Crippen LogP contribution >= 0.6 is 0 Å². The molecular formula is C23H22N2O3. The normalized spacial score (nSPS) is 23.4. The maximum atomic E-state index is 12.8. The second-order valence-corrected chi connectivity index (χ2v) is 7.94. The van der Waals surface area contributed by atoms with Gasteiger partial charge in [0.2, 0.25) is 17.7 Å². The minimum Gasteiger partial charge on any atom is -0.344 e. The van der Waals surface area contributed by atoms with Crippen molar-refractivity contribution in [2.75, 3.05) is 6.54 Å². The Labute approximate surface area is 163 Å². The molecule has 1 N–H and O–H groups in total. The highest BCUT2D eigenvalue weighted by molar-refractivity contribution is 6.07. The minimum absolute atomic E-state index is 0.169. The molecule has 3 aliphatic rings. The molecule has 1 saturated carbocycles. The Balaban J connectivity index is 1.37. The molecule has 2 aromatic carbocycles. The van der Waals surface area contributed by atoms with E-state index in [1.54, 1.807) is 0 Å². The van der Waals surface area contributed by atoms with E-state index >= 15 is 0 Å². The van der Waals surface area contributed by atoms with Gasteiger partial charge in [-0.05, 0) is 35.1 Å². The maximum Gasteiger partial charge on any atom is 0.240 e. The molecule has 2 atom stereocenters. The Bertz CT molecular complexity index is 914. The number of imide groups is 1. The molecule has 0 aromatic heterocycles. The number of nitrogens with one attached hydrogen (secondary N) is 1. The van der Waals surface area contributed by atoms with E-state index in [1.807, 2.05) is 36.4 Å². The lowest BCUT2D eigenvalue weighted by molar-refractivity contribution is -0.143. The second-order valence-electron chi connectivity index (χ2n) is 7.94. The first kappa shape index (κ1) is 17.2. The van der Waals surface area contributed by atoms with Crippen LogP contribution in [0.1, 0.15) is 42.9 Å². The van der Waals surface area contributed by atoms with Crippen molar-refractivity contribution in [2.45, 2.75) is 31.7 Å². The number of fused-ring (bicyclic) bond motifs is 4. The molecule has 2 aromatic rings. The summed E-state index contributed by atoms with van der Waals surface area (Å²) in [6, 6.07) is 15.8. The van der Waals surface area contributed by atoms with Crippen molar-refractivity contribution in [1.29, 1.82) is 0 Å². The number of hydrogen-bond donors (Lipinski definition) is 1. The Hall–Kier alpha value is -2.95. The first-order chi connectivity index (χ1) is 13.6. The van der Waals surface area contributed by atoms with Gasteiger partial charge in [-0.25, -0.2) is 0 Å². The Kier molecular flexibility index (Phi) is 4.04. The van der Waals surface area contributed by atoms with Crippen LogP contribution in [-0.2, 0) is 14.4 Å². The van der Waals surface area contributed by atoms with Crippen LogP contribution in [0, 0.1) is 11.8 Å². The lowest BCUT2D eigenvalue weighted by Gasteiger charge is -2.19. The van der Waals surface area contributed by atoms with Gasteiger partial charge < -0.3 is 5.32 Å². The fourth-order valence-corrected chi connectivity index (χ4v) is 5.05. The van der Waals surface area contributed by atoms with Crippen LogP contribution in [0.2, 0.25) is 0 Å². The van der Waals surface area contributed by atoms with Crippen molar-refractivity contribution >= 4 is 17.7 Å². The summed E-state index contributed by atoms with van der Waals surface area (Å²) in [4.78, 5) is 39.3. The molecule has 0 bridgehead atoms. The third kappa shape index (κ3) is 2.57. The number of nitrogens with zero attached hydrogens (tertiary/aromatic N) is 1. The highest BCUT2D eigenvalue weighted by Crippen LogP contribution is 2.43. The molecule has 3 amide bonds. The Morgan fingerprint density at radius 1 is 0.857 bits per heavy atom. The summed E-state index contributed by atoms with van der Waals surface area (Å²) in [5, 5.41) is 3.06. The van der Waals surface area contributed by atoms with Crippen LogP contribution in [-0.4, -0.2) is 29.2 Å². The van der Waals surface area contributed by atoms with Gasteiger partial charge in [-0.2, -0.15) is 0 Å². The zero-order valence-electron chi connectivity index (χ0n) is 15.6. The molecule has 142 valence electrons. The van der Waals surface area contributed by atoms with Gasteiger partial charge in [0.1, 0.15) is 6.54 Å². The first-order valence-electron chi connectivity index (χ1n) is 9.98. The predicted molar refractivity (Wildman–Crippen MR) is 104 cm³/mol. The average Bonchev–Trinajstić information content (AvgIpc) is 3.17. The Morgan fingerprint density at radius 2 is 1.36 bits per heavy atom. The van der Waals surface area contributed by atoms with Crippen molar-refractivity contribution in [3.05, 3.63) is 59.7 Å². The molecule has 5 nitrogen and oxygen atoms in total. The number of carbonyl (C=O) groups excluding carboxylic acids is 3. The molecule has 0 spiro atoms. The lowest BCUT2D eigenvalue weighted by Crippen LogP contribution is -2.42. The number of amides is 3. The van der Waals surface area contributed by atoms with Gasteiger partial charge in [0.15, 0.2) is 0 Å². The van der Waals surface area contributed by atoms with Gasteiger partial charge in [-0.3, -0.25) is 19.3 Å². The summed E-state index contributed by atoms with van der Waals surface area (Å²) in [5.74, 6) is -1.07. The van der Waals surface area contributed by atoms with Gasteiger partial charge in [-0.15, -0.1) is 0 Å². The summed E-state index contributed by atoms with van der Waals surface area (Å²) in [6.45, 7) is -0.189. The quantitative estimate of drug-likeness (QED) is 0.840. The van der Waals surface area contributed by atoms with E-state index in [0.717, 1.165) is 47.9 Å². The number of benzene rings is 2. The number of hydrogen-bond acceptors (Lipinski definition) is 3. The van der Waals surface area contributed by atoms with E-state index in [2.05, 4.69) is 17.4 Å². The summed E-state index contributed by atoms with van der Waals surface area (Å²) < 4.78 is 0.